The Kier molecular flexibility index (Phi) is 11.9. The molecule has 2 aromatic rings. The molecular weight excluding hydrogens is 642 g/mol. The summed E-state index contributed by atoms with van der Waals surface area (Å²) in [5, 5.41) is 0.577. The summed E-state index contributed by atoms with van der Waals surface area (Å²) < 4.78 is 61.0. The fraction of sp³-hybridized carbons (Fsp3) is 0.588. The van der Waals surface area contributed by atoms with Crippen molar-refractivity contribution in [1.82, 2.24) is 17.8 Å². The lowest BCUT2D eigenvalue weighted by atomic mass is 9.89. The molecule has 0 radical (unpaired) electrons. The highest BCUT2D eigenvalue weighted by atomic mass is 35.5. The van der Waals surface area contributed by atoms with Crippen molar-refractivity contribution in [3.63, 3.8) is 0 Å². The van der Waals surface area contributed by atoms with Gasteiger partial charge in [0.05, 0.1) is 4.90 Å². The maximum absolute atomic E-state index is 14.2. The molecule has 1 saturated heterocycles. The van der Waals surface area contributed by atoms with Crippen LogP contribution in [0.5, 0.6) is 0 Å². The lowest BCUT2D eigenvalue weighted by Gasteiger charge is -2.36. The van der Waals surface area contributed by atoms with Gasteiger partial charge in [-0.05, 0) is 98.1 Å². The van der Waals surface area contributed by atoms with E-state index >= 15 is 0 Å². The molecule has 2 aromatic carbocycles. The van der Waals surface area contributed by atoms with Crippen LogP contribution in [-0.2, 0) is 33.2 Å². The van der Waals surface area contributed by atoms with Crippen molar-refractivity contribution in [2.24, 2.45) is 5.92 Å². The van der Waals surface area contributed by atoms with Crippen LogP contribution in [0.2, 0.25) is 5.02 Å². The summed E-state index contributed by atoms with van der Waals surface area (Å²) in [6, 6.07) is 12.6. The van der Waals surface area contributed by atoms with Crippen LogP contribution in [-0.4, -0.2) is 101 Å². The summed E-state index contributed by atoms with van der Waals surface area (Å²) in [6.07, 6.45) is 8.25. The quantitative estimate of drug-likeness (QED) is 0.370. The third kappa shape index (κ3) is 8.53. The smallest absolute Gasteiger partial charge is 0.282 e. The Morgan fingerprint density at radius 1 is 0.783 bits per heavy atom. The molecule has 9 nitrogen and oxygen atoms in total. The normalized spacial score (nSPS) is 21.3. The molecule has 12 heteroatoms. The molecule has 0 aromatic heterocycles. The molecule has 0 atom stereocenters. The van der Waals surface area contributed by atoms with Gasteiger partial charge >= 0.3 is 0 Å². The average molecular weight is 692 g/mol. The van der Waals surface area contributed by atoms with Gasteiger partial charge in [-0.15, -0.1) is 0 Å². The zero-order chi connectivity index (χ0) is 32.9. The van der Waals surface area contributed by atoms with Crippen molar-refractivity contribution in [3.8, 4) is 0 Å². The van der Waals surface area contributed by atoms with Crippen molar-refractivity contribution in [3.05, 3.63) is 70.8 Å². The third-order valence-corrected chi connectivity index (χ3v) is 13.8. The number of halogens is 1. The fourth-order valence-electron chi connectivity index (χ4n) is 7.02. The number of fused-ring (bicyclic) bond motifs is 1. The SMILES string of the molecule is C=C1CN(S(=O)(=O)c2ccc(N(C)C)cc2)CCCN(CC2CCCCC2)CCCN(S(=O)(=O)N2CCc3cccc(Cl)c3C2)C1. The minimum absolute atomic E-state index is 0.0566. The van der Waals surface area contributed by atoms with Crippen LogP contribution < -0.4 is 4.90 Å². The van der Waals surface area contributed by atoms with Crippen molar-refractivity contribution < 1.29 is 16.8 Å². The number of hydrogen-bond acceptors (Lipinski definition) is 6. The van der Waals surface area contributed by atoms with Gasteiger partial charge in [0, 0.05) is 70.6 Å². The summed E-state index contributed by atoms with van der Waals surface area (Å²) in [6.45, 7) is 8.11. The maximum Gasteiger partial charge on any atom is 0.282 e. The molecule has 46 heavy (non-hydrogen) atoms. The monoisotopic (exact) mass is 691 g/mol. The van der Waals surface area contributed by atoms with E-state index in [1.165, 1.54) is 45.0 Å². The van der Waals surface area contributed by atoms with E-state index in [9.17, 15) is 16.8 Å². The highest BCUT2D eigenvalue weighted by Crippen LogP contribution is 2.30. The largest absolute Gasteiger partial charge is 0.378 e. The van der Waals surface area contributed by atoms with Gasteiger partial charge in [0.15, 0.2) is 0 Å². The van der Waals surface area contributed by atoms with E-state index in [1.54, 1.807) is 18.2 Å². The Labute approximate surface area is 282 Å². The Balaban J connectivity index is 1.39. The zero-order valence-corrected chi connectivity index (χ0v) is 29.8. The Morgan fingerprint density at radius 2 is 1.41 bits per heavy atom. The summed E-state index contributed by atoms with van der Waals surface area (Å²) >= 11 is 6.50. The molecule has 0 amide bonds. The first-order valence-corrected chi connectivity index (χ1v) is 19.8. The van der Waals surface area contributed by atoms with Crippen LogP contribution in [0.25, 0.3) is 0 Å². The Hall–Kier alpha value is -1.99. The minimum atomic E-state index is -3.87. The van der Waals surface area contributed by atoms with Gasteiger partial charge in [0.25, 0.3) is 10.2 Å². The minimum Gasteiger partial charge on any atom is -0.378 e. The second-order valence-corrected chi connectivity index (χ2v) is 17.6. The number of nitrogens with zero attached hydrogens (tertiary/aromatic N) is 5. The summed E-state index contributed by atoms with van der Waals surface area (Å²) in [7, 11) is -3.88. The molecule has 0 spiro atoms. The summed E-state index contributed by atoms with van der Waals surface area (Å²) in [4.78, 5) is 4.59. The van der Waals surface area contributed by atoms with Gasteiger partial charge in [-0.2, -0.15) is 21.3 Å². The fourth-order valence-corrected chi connectivity index (χ4v) is 10.4. The number of hydrogen-bond donors (Lipinski definition) is 0. The van der Waals surface area contributed by atoms with Crippen LogP contribution in [0.3, 0.4) is 0 Å². The van der Waals surface area contributed by atoms with E-state index in [2.05, 4.69) is 11.5 Å². The van der Waals surface area contributed by atoms with E-state index in [0.717, 1.165) is 36.4 Å². The topological polar surface area (TPSA) is 84.5 Å². The van der Waals surface area contributed by atoms with Crippen LogP contribution in [0.15, 0.2) is 59.5 Å². The maximum atomic E-state index is 14.2. The van der Waals surface area contributed by atoms with Gasteiger partial charge in [-0.25, -0.2) is 8.42 Å². The van der Waals surface area contributed by atoms with Crippen molar-refractivity contribution >= 4 is 37.5 Å². The molecule has 254 valence electrons. The van der Waals surface area contributed by atoms with Crippen molar-refractivity contribution in [1.29, 1.82) is 0 Å². The van der Waals surface area contributed by atoms with Gasteiger partial charge in [0.2, 0.25) is 10.0 Å². The van der Waals surface area contributed by atoms with Crippen molar-refractivity contribution in [2.45, 2.75) is 62.8 Å². The van der Waals surface area contributed by atoms with E-state index in [0.29, 0.717) is 55.4 Å². The lowest BCUT2D eigenvalue weighted by molar-refractivity contribution is 0.187. The molecule has 2 heterocycles. The number of rotatable bonds is 7. The first kappa shape index (κ1) is 35.3. The molecule has 0 N–H and O–H groups in total. The second kappa shape index (κ2) is 15.5. The molecule has 0 bridgehead atoms. The number of anilines is 1. The predicted molar refractivity (Wildman–Crippen MR) is 187 cm³/mol. The molecule has 5 rings (SSSR count). The van der Waals surface area contributed by atoms with Crippen LogP contribution in [0.1, 0.15) is 56.1 Å². The van der Waals surface area contributed by atoms with E-state index in [1.807, 2.05) is 43.3 Å². The van der Waals surface area contributed by atoms with Crippen LogP contribution in [0.4, 0.5) is 5.69 Å². The van der Waals surface area contributed by atoms with Gasteiger partial charge < -0.3 is 9.80 Å². The first-order valence-electron chi connectivity index (χ1n) is 16.6. The van der Waals surface area contributed by atoms with Gasteiger partial charge in [0.1, 0.15) is 0 Å². The molecular formula is C34H50ClN5O4S2. The molecule has 3 aliphatic rings. The zero-order valence-electron chi connectivity index (χ0n) is 27.4. The molecule has 2 fully saturated rings. The summed E-state index contributed by atoms with van der Waals surface area (Å²) in [5.41, 5.74) is 3.39. The number of sulfonamides is 1. The molecule has 0 unspecified atom stereocenters. The third-order valence-electron chi connectivity index (χ3n) is 9.63. The molecule has 1 aliphatic carbocycles. The highest BCUT2D eigenvalue weighted by Gasteiger charge is 2.34. The van der Waals surface area contributed by atoms with Crippen LogP contribution in [0, 0.1) is 5.92 Å². The number of benzene rings is 2. The van der Waals surface area contributed by atoms with Gasteiger partial charge in [-0.3, -0.25) is 0 Å². The Morgan fingerprint density at radius 3 is 2.09 bits per heavy atom. The predicted octanol–water partition coefficient (Wildman–Crippen LogP) is 5.23. The highest BCUT2D eigenvalue weighted by molar-refractivity contribution is 7.89. The van der Waals surface area contributed by atoms with Crippen molar-refractivity contribution in [2.75, 3.05) is 71.4 Å². The van der Waals surface area contributed by atoms with Gasteiger partial charge in [-0.1, -0.05) is 49.6 Å². The standard InChI is InChI=1S/C34H50ClN5O4S2/c1-28-24-38(45(41,42)32-16-14-31(15-17-32)36(2)3)21-8-19-37(26-29-10-5-4-6-11-29)20-9-22-39(25-28)46(43,44)40-23-18-30-12-7-13-34(35)33(30)27-40/h7,12-17,29H,1,4-6,8-11,18-27H2,2-3H3. The summed E-state index contributed by atoms with van der Waals surface area (Å²) in [5.74, 6) is 0.634. The Bertz CT molecular complexity index is 1560. The lowest BCUT2D eigenvalue weighted by Crippen LogP contribution is -2.48. The first-order chi connectivity index (χ1) is 21.9. The second-order valence-electron chi connectivity index (χ2n) is 13.3. The molecule has 2 aliphatic heterocycles. The van der Waals surface area contributed by atoms with E-state index in [4.69, 9.17) is 11.6 Å². The van der Waals surface area contributed by atoms with E-state index < -0.39 is 20.2 Å². The molecule has 1 saturated carbocycles. The average Bonchev–Trinajstić information content (AvgIpc) is 3.03. The van der Waals surface area contributed by atoms with E-state index in [-0.39, 0.29) is 24.5 Å². The van der Waals surface area contributed by atoms with Crippen LogP contribution >= 0.6 is 11.6 Å².